The number of nitrogens with zero attached hydrogens (tertiary/aromatic N) is 3. The van der Waals surface area contributed by atoms with E-state index in [4.69, 9.17) is 9.94 Å². The molecule has 13 heteroatoms. The summed E-state index contributed by atoms with van der Waals surface area (Å²) in [6.45, 7) is -0.0653. The Labute approximate surface area is 150 Å². The molecule has 0 aliphatic rings. The van der Waals surface area contributed by atoms with Crippen molar-refractivity contribution in [1.29, 1.82) is 0 Å². The van der Waals surface area contributed by atoms with E-state index in [1.165, 1.54) is 18.2 Å². The van der Waals surface area contributed by atoms with Gasteiger partial charge in [0.1, 0.15) is 12.4 Å². The quantitative estimate of drug-likeness (QED) is 0.192. The summed E-state index contributed by atoms with van der Waals surface area (Å²) in [5, 5.41) is 22.0. The van der Waals surface area contributed by atoms with E-state index in [1.807, 2.05) is 0 Å². The average molecular weight is 438 g/mol. The van der Waals surface area contributed by atoms with Crippen LogP contribution in [-0.4, -0.2) is 49.2 Å². The van der Waals surface area contributed by atoms with Crippen LogP contribution in [0.2, 0.25) is 0 Å². The second-order valence-electron chi connectivity index (χ2n) is 4.64. The van der Waals surface area contributed by atoms with Crippen LogP contribution in [0.4, 0.5) is 10.1 Å². The number of hydrogen-bond donors (Lipinski definition) is 3. The number of sulfonamides is 1. The summed E-state index contributed by atoms with van der Waals surface area (Å²) in [5.41, 5.74) is 0.344. The first kappa shape index (κ1) is 19.1. The van der Waals surface area contributed by atoms with Crippen molar-refractivity contribution in [3.63, 3.8) is 0 Å². The molecule has 1 aromatic heterocycles. The molecule has 0 unspecified atom stereocenters. The highest BCUT2D eigenvalue weighted by Gasteiger charge is 2.19. The molecule has 0 spiro atoms. The van der Waals surface area contributed by atoms with E-state index >= 15 is 0 Å². The Morgan fingerprint density at radius 1 is 1.48 bits per heavy atom. The van der Waals surface area contributed by atoms with Gasteiger partial charge < -0.3 is 15.3 Å². The van der Waals surface area contributed by atoms with Crippen molar-refractivity contribution < 1.29 is 27.4 Å². The molecular formula is C12H13BrFN5O5S. The molecule has 0 aliphatic carbocycles. The van der Waals surface area contributed by atoms with E-state index in [-0.39, 0.29) is 35.0 Å². The number of benzene rings is 1. The molecule has 0 fully saturated rings. The molecule has 0 atom stereocenters. The Hall–Kier alpha value is -2.25. The van der Waals surface area contributed by atoms with Crippen molar-refractivity contribution in [1.82, 2.24) is 15.0 Å². The fourth-order valence-electron chi connectivity index (χ4n) is 1.64. The number of aromatic nitrogens is 2. The maximum Gasteiger partial charge on any atom is 0.287 e. The molecule has 2 aromatic rings. The highest BCUT2D eigenvalue weighted by atomic mass is 79.9. The lowest BCUT2D eigenvalue weighted by Gasteiger charge is -2.08. The van der Waals surface area contributed by atoms with Crippen molar-refractivity contribution in [2.75, 3.05) is 24.7 Å². The Morgan fingerprint density at radius 3 is 2.88 bits per heavy atom. The number of amidine groups is 1. The maximum atomic E-state index is 13.3. The zero-order valence-electron chi connectivity index (χ0n) is 12.7. The van der Waals surface area contributed by atoms with E-state index in [0.717, 1.165) is 6.26 Å². The zero-order valence-corrected chi connectivity index (χ0v) is 15.1. The molecule has 1 aromatic carbocycles. The smallest absolute Gasteiger partial charge is 0.287 e. The molecular weight excluding hydrogens is 425 g/mol. The molecule has 0 saturated carbocycles. The van der Waals surface area contributed by atoms with Gasteiger partial charge in [-0.1, -0.05) is 5.16 Å². The van der Waals surface area contributed by atoms with E-state index in [9.17, 15) is 12.8 Å². The number of halogens is 2. The van der Waals surface area contributed by atoms with E-state index in [2.05, 4.69) is 46.1 Å². The van der Waals surface area contributed by atoms with Gasteiger partial charge in [-0.05, 0) is 44.4 Å². The van der Waals surface area contributed by atoms with Gasteiger partial charge in [0.15, 0.2) is 0 Å². The van der Waals surface area contributed by atoms with Crippen molar-refractivity contribution in [3.05, 3.63) is 34.2 Å². The number of hydrogen-bond acceptors (Lipinski definition) is 8. The third-order valence-corrected chi connectivity index (χ3v) is 4.01. The molecule has 2 rings (SSSR count). The van der Waals surface area contributed by atoms with Gasteiger partial charge in [0.25, 0.3) is 5.88 Å². The average Bonchev–Trinajstić information content (AvgIpc) is 3.00. The molecule has 10 nitrogen and oxygen atoms in total. The molecule has 0 radical (unpaired) electrons. The van der Waals surface area contributed by atoms with Crippen LogP contribution < -0.4 is 14.8 Å². The Balaban J connectivity index is 2.06. The first-order valence-corrected chi connectivity index (χ1v) is 9.33. The monoisotopic (exact) mass is 437 g/mol. The minimum absolute atomic E-state index is 0.00489. The summed E-state index contributed by atoms with van der Waals surface area (Å²) in [6, 6.07) is 4.04. The molecule has 25 heavy (non-hydrogen) atoms. The van der Waals surface area contributed by atoms with E-state index in [0.29, 0.717) is 5.69 Å². The third-order valence-electron chi connectivity index (χ3n) is 2.67. The van der Waals surface area contributed by atoms with Gasteiger partial charge in [-0.2, -0.15) is 0 Å². The minimum Gasteiger partial charge on any atom is -0.472 e. The highest BCUT2D eigenvalue weighted by Crippen LogP contribution is 2.21. The van der Waals surface area contributed by atoms with Gasteiger partial charge >= 0.3 is 0 Å². The van der Waals surface area contributed by atoms with Crippen LogP contribution in [0.3, 0.4) is 0 Å². The SMILES string of the molecule is CS(=O)(=O)NCCOc1nonc1/C(=N\O)Nc1ccc(F)c(Br)c1. The zero-order chi connectivity index (χ0) is 18.4. The maximum absolute atomic E-state index is 13.3. The third kappa shape index (κ3) is 5.65. The van der Waals surface area contributed by atoms with Gasteiger partial charge in [0.2, 0.25) is 21.6 Å². The summed E-state index contributed by atoms with van der Waals surface area (Å²) >= 11 is 3.03. The van der Waals surface area contributed by atoms with Gasteiger partial charge in [-0.15, -0.1) is 0 Å². The van der Waals surface area contributed by atoms with E-state index in [1.54, 1.807) is 0 Å². The fraction of sp³-hybridized carbons (Fsp3) is 0.250. The second kappa shape index (κ2) is 8.22. The first-order valence-electron chi connectivity index (χ1n) is 6.64. The second-order valence-corrected chi connectivity index (χ2v) is 7.32. The van der Waals surface area contributed by atoms with Gasteiger partial charge in [-0.25, -0.2) is 22.2 Å². The predicted molar refractivity (Wildman–Crippen MR) is 88.7 cm³/mol. The van der Waals surface area contributed by atoms with Crippen LogP contribution in [0, 0.1) is 5.82 Å². The number of oxime groups is 1. The van der Waals surface area contributed by atoms with Crippen LogP contribution in [0.5, 0.6) is 5.88 Å². The lowest BCUT2D eigenvalue weighted by Crippen LogP contribution is -2.27. The van der Waals surface area contributed by atoms with Crippen LogP contribution in [0.15, 0.2) is 32.5 Å². The van der Waals surface area contributed by atoms with Crippen LogP contribution in [-0.2, 0) is 10.0 Å². The van der Waals surface area contributed by atoms with Crippen LogP contribution in [0.25, 0.3) is 0 Å². The molecule has 136 valence electrons. The standard InChI is InChI=1S/C12H13BrFN5O5S/c1-25(21,22)15-4-5-23-12-10(18-24-19-12)11(17-20)16-7-2-3-9(14)8(13)6-7/h2-3,6,15,20H,4-5H2,1H3,(H,16,17). The van der Waals surface area contributed by atoms with Gasteiger partial charge in [-0.3, -0.25) is 0 Å². The fourth-order valence-corrected chi connectivity index (χ4v) is 2.47. The number of rotatable bonds is 7. The van der Waals surface area contributed by atoms with Crippen LogP contribution >= 0.6 is 15.9 Å². The number of ether oxygens (including phenoxy) is 1. The van der Waals surface area contributed by atoms with Gasteiger partial charge in [0, 0.05) is 12.2 Å². The summed E-state index contributed by atoms with van der Waals surface area (Å²) in [5.74, 6) is -0.735. The summed E-state index contributed by atoms with van der Waals surface area (Å²) < 4.78 is 47.4. The Bertz CT molecular complexity index is 873. The summed E-state index contributed by atoms with van der Waals surface area (Å²) in [6.07, 6.45) is 1.01. The summed E-state index contributed by atoms with van der Waals surface area (Å²) in [7, 11) is -3.35. The molecule has 0 bridgehead atoms. The minimum atomic E-state index is -3.35. The normalized spacial score (nSPS) is 12.2. The molecule has 3 N–H and O–H groups in total. The number of anilines is 1. The predicted octanol–water partition coefficient (Wildman–Crippen LogP) is 1.15. The van der Waals surface area contributed by atoms with Gasteiger partial charge in [0.05, 0.1) is 10.7 Å². The molecule has 0 saturated heterocycles. The molecule has 0 aliphatic heterocycles. The van der Waals surface area contributed by atoms with Crippen LogP contribution in [0.1, 0.15) is 5.69 Å². The first-order chi connectivity index (χ1) is 11.8. The topological polar surface area (TPSA) is 139 Å². The largest absolute Gasteiger partial charge is 0.472 e. The van der Waals surface area contributed by atoms with Crippen molar-refractivity contribution >= 4 is 37.5 Å². The molecule has 0 amide bonds. The Morgan fingerprint density at radius 2 is 2.24 bits per heavy atom. The van der Waals surface area contributed by atoms with E-state index < -0.39 is 15.8 Å². The van der Waals surface area contributed by atoms with Crippen molar-refractivity contribution in [2.45, 2.75) is 0 Å². The Kier molecular flexibility index (Phi) is 6.27. The number of nitrogens with one attached hydrogen (secondary N) is 2. The summed E-state index contributed by atoms with van der Waals surface area (Å²) in [4.78, 5) is 0. The molecule has 1 heterocycles. The lowest BCUT2D eigenvalue weighted by molar-refractivity contribution is 0.258. The highest BCUT2D eigenvalue weighted by molar-refractivity contribution is 9.10. The van der Waals surface area contributed by atoms with Crippen molar-refractivity contribution in [3.8, 4) is 5.88 Å². The lowest BCUT2D eigenvalue weighted by atomic mass is 10.3. The van der Waals surface area contributed by atoms with Crippen molar-refractivity contribution in [2.24, 2.45) is 5.16 Å².